The average Bonchev–Trinajstić information content (AvgIpc) is 3.11. The molecule has 7 heteroatoms. The first-order chi connectivity index (χ1) is 13.4. The van der Waals surface area contributed by atoms with E-state index in [1.54, 1.807) is 18.2 Å². The van der Waals surface area contributed by atoms with Crippen LogP contribution in [-0.2, 0) is 9.53 Å². The summed E-state index contributed by atoms with van der Waals surface area (Å²) < 4.78 is 6.83. The molecule has 0 atom stereocenters. The maximum Gasteiger partial charge on any atom is 0.339 e. The molecule has 0 bridgehead atoms. The number of aromatic nitrogens is 1. The largest absolute Gasteiger partial charge is 0.465 e. The number of amides is 3. The number of imide groups is 1. The van der Waals surface area contributed by atoms with Crippen molar-refractivity contribution in [3.05, 3.63) is 58.5 Å². The third-order valence-corrected chi connectivity index (χ3v) is 4.73. The van der Waals surface area contributed by atoms with Gasteiger partial charge in [0.15, 0.2) is 0 Å². The van der Waals surface area contributed by atoms with Gasteiger partial charge in [0.25, 0.3) is 5.91 Å². The molecule has 1 aliphatic rings. The van der Waals surface area contributed by atoms with E-state index >= 15 is 0 Å². The van der Waals surface area contributed by atoms with Crippen molar-refractivity contribution in [3.8, 4) is 5.69 Å². The van der Waals surface area contributed by atoms with Gasteiger partial charge < -0.3 is 14.6 Å². The normalized spacial score (nSPS) is 15.3. The van der Waals surface area contributed by atoms with Crippen molar-refractivity contribution < 1.29 is 19.1 Å². The van der Waals surface area contributed by atoms with Crippen LogP contribution in [0.25, 0.3) is 11.8 Å². The highest BCUT2D eigenvalue weighted by molar-refractivity contribution is 6.14. The van der Waals surface area contributed by atoms with Crippen LogP contribution >= 0.6 is 0 Å². The number of carbonyl (C=O) groups is 3. The van der Waals surface area contributed by atoms with Gasteiger partial charge in [-0.15, -0.1) is 0 Å². The summed E-state index contributed by atoms with van der Waals surface area (Å²) in [7, 11) is 1.35. The van der Waals surface area contributed by atoms with Crippen LogP contribution in [0, 0.1) is 13.8 Å². The molecule has 0 saturated carbocycles. The second kappa shape index (κ2) is 7.72. The second-order valence-electron chi connectivity index (χ2n) is 6.62. The Morgan fingerprint density at radius 1 is 1.21 bits per heavy atom. The second-order valence-corrected chi connectivity index (χ2v) is 6.62. The molecule has 1 aliphatic heterocycles. The predicted octanol–water partition coefficient (Wildman–Crippen LogP) is 3.18. The third-order valence-electron chi connectivity index (χ3n) is 4.73. The van der Waals surface area contributed by atoms with Gasteiger partial charge in [-0.1, -0.05) is 19.1 Å². The number of hydrogen-bond acceptors (Lipinski definition) is 4. The van der Waals surface area contributed by atoms with E-state index in [-0.39, 0.29) is 11.6 Å². The van der Waals surface area contributed by atoms with Crippen LogP contribution in [0.1, 0.15) is 40.7 Å². The van der Waals surface area contributed by atoms with Crippen LogP contribution in [0.15, 0.2) is 36.0 Å². The number of methoxy groups -OCH3 is 1. The molecule has 2 aromatic rings. The summed E-state index contributed by atoms with van der Waals surface area (Å²) in [5.74, 6) is -0.747. The molecular formula is C21H23N3O4. The van der Waals surface area contributed by atoms with Gasteiger partial charge in [0, 0.05) is 17.9 Å². The Labute approximate surface area is 163 Å². The number of nitrogens with one attached hydrogen (secondary N) is 1. The Hall–Kier alpha value is -3.35. The number of benzene rings is 1. The third kappa shape index (κ3) is 3.31. The lowest BCUT2D eigenvalue weighted by Crippen LogP contribution is -2.31. The molecule has 0 aliphatic carbocycles. The molecule has 1 aromatic carbocycles. The van der Waals surface area contributed by atoms with Crippen molar-refractivity contribution in [2.45, 2.75) is 27.2 Å². The lowest BCUT2D eigenvalue weighted by molar-refractivity contribution is -0.122. The molecule has 1 aromatic heterocycles. The summed E-state index contributed by atoms with van der Waals surface area (Å²) in [6.45, 7) is 6.11. The van der Waals surface area contributed by atoms with Gasteiger partial charge >= 0.3 is 12.0 Å². The average molecular weight is 381 g/mol. The zero-order chi connectivity index (χ0) is 20.4. The Balaban J connectivity index is 2.04. The van der Waals surface area contributed by atoms with Gasteiger partial charge in [-0.25, -0.2) is 9.59 Å². The summed E-state index contributed by atoms with van der Waals surface area (Å²) in [4.78, 5) is 37.8. The highest BCUT2D eigenvalue weighted by Gasteiger charge is 2.33. The molecule has 0 spiro atoms. The first kappa shape index (κ1) is 19.4. The zero-order valence-corrected chi connectivity index (χ0v) is 16.4. The van der Waals surface area contributed by atoms with Crippen LogP contribution < -0.4 is 5.32 Å². The number of para-hydroxylation sites is 1. The minimum absolute atomic E-state index is 0.250. The van der Waals surface area contributed by atoms with E-state index < -0.39 is 12.0 Å². The molecule has 7 nitrogen and oxygen atoms in total. The number of aryl methyl sites for hydroxylation is 1. The van der Waals surface area contributed by atoms with E-state index in [9.17, 15) is 14.4 Å². The van der Waals surface area contributed by atoms with Gasteiger partial charge in [-0.2, -0.15) is 0 Å². The number of hydrogen-bond donors (Lipinski definition) is 1. The smallest absolute Gasteiger partial charge is 0.339 e. The van der Waals surface area contributed by atoms with Crippen molar-refractivity contribution in [2.24, 2.45) is 0 Å². The number of urea groups is 1. The quantitative estimate of drug-likeness (QED) is 0.490. The van der Waals surface area contributed by atoms with Crippen molar-refractivity contribution in [1.29, 1.82) is 0 Å². The van der Waals surface area contributed by atoms with Gasteiger partial charge in [0.05, 0.1) is 18.4 Å². The van der Waals surface area contributed by atoms with Crippen molar-refractivity contribution >= 4 is 24.0 Å². The summed E-state index contributed by atoms with van der Waals surface area (Å²) in [5.41, 5.74) is 3.92. The highest BCUT2D eigenvalue weighted by Crippen LogP contribution is 2.26. The molecule has 3 rings (SSSR count). The first-order valence-electron chi connectivity index (χ1n) is 9.10. The monoisotopic (exact) mass is 381 g/mol. The standard InChI is InChI=1S/C21H23N3O4/c1-5-10-23-19(25)17(22-21(23)27)12-15-11-13(2)24(14(15)3)18-9-7-6-8-16(18)20(26)28-4/h6-9,11-12H,5,10H2,1-4H3,(H,22,27)/b17-12+. The van der Waals surface area contributed by atoms with Crippen LogP contribution in [0.2, 0.25) is 0 Å². The number of nitrogens with zero attached hydrogens (tertiary/aromatic N) is 2. The van der Waals surface area contributed by atoms with E-state index in [4.69, 9.17) is 4.74 Å². The molecule has 0 radical (unpaired) electrons. The number of esters is 1. The molecule has 1 fully saturated rings. The zero-order valence-electron chi connectivity index (χ0n) is 16.4. The Kier molecular flexibility index (Phi) is 5.35. The minimum atomic E-state index is -0.420. The van der Waals surface area contributed by atoms with Crippen LogP contribution in [0.5, 0.6) is 0 Å². The Morgan fingerprint density at radius 2 is 1.93 bits per heavy atom. The SMILES string of the molecule is CCCN1C(=O)N/C(=C/c2cc(C)n(-c3ccccc3C(=O)OC)c2C)C1=O. The number of carbonyl (C=O) groups excluding carboxylic acids is 3. The van der Waals surface area contributed by atoms with E-state index in [0.717, 1.165) is 17.0 Å². The molecule has 3 amide bonds. The van der Waals surface area contributed by atoms with Gasteiger partial charge in [0.2, 0.25) is 0 Å². The summed E-state index contributed by atoms with van der Waals surface area (Å²) >= 11 is 0. The van der Waals surface area contributed by atoms with E-state index in [0.29, 0.717) is 24.2 Å². The van der Waals surface area contributed by atoms with Crippen molar-refractivity contribution in [1.82, 2.24) is 14.8 Å². The summed E-state index contributed by atoms with van der Waals surface area (Å²) in [5, 5.41) is 2.64. The van der Waals surface area contributed by atoms with Crippen molar-refractivity contribution in [2.75, 3.05) is 13.7 Å². The van der Waals surface area contributed by atoms with E-state index in [1.165, 1.54) is 12.0 Å². The van der Waals surface area contributed by atoms with Crippen LogP contribution in [-0.4, -0.2) is 41.0 Å². The molecule has 2 heterocycles. The first-order valence-corrected chi connectivity index (χ1v) is 9.10. The number of ether oxygens (including phenoxy) is 1. The van der Waals surface area contributed by atoms with E-state index in [2.05, 4.69) is 5.32 Å². The molecular weight excluding hydrogens is 358 g/mol. The minimum Gasteiger partial charge on any atom is -0.465 e. The van der Waals surface area contributed by atoms with Gasteiger partial charge in [-0.3, -0.25) is 9.69 Å². The van der Waals surface area contributed by atoms with Crippen LogP contribution in [0.3, 0.4) is 0 Å². The summed E-state index contributed by atoms with van der Waals surface area (Å²) in [6, 6.07) is 8.70. The van der Waals surface area contributed by atoms with Gasteiger partial charge in [0.1, 0.15) is 5.70 Å². The maximum absolute atomic E-state index is 12.5. The fourth-order valence-corrected chi connectivity index (χ4v) is 3.41. The fourth-order valence-electron chi connectivity index (χ4n) is 3.41. The molecule has 1 N–H and O–H groups in total. The van der Waals surface area contributed by atoms with E-state index in [1.807, 2.05) is 43.5 Å². The van der Waals surface area contributed by atoms with Crippen molar-refractivity contribution in [3.63, 3.8) is 0 Å². The molecule has 146 valence electrons. The fraction of sp³-hybridized carbons (Fsp3) is 0.286. The Morgan fingerprint density at radius 3 is 2.61 bits per heavy atom. The van der Waals surface area contributed by atoms with Crippen LogP contribution in [0.4, 0.5) is 4.79 Å². The molecule has 0 unspecified atom stereocenters. The van der Waals surface area contributed by atoms with Gasteiger partial charge in [-0.05, 0) is 50.1 Å². The number of rotatable bonds is 5. The Bertz CT molecular complexity index is 988. The topological polar surface area (TPSA) is 80.6 Å². The molecule has 1 saturated heterocycles. The molecule has 28 heavy (non-hydrogen) atoms. The highest BCUT2D eigenvalue weighted by atomic mass is 16.5. The lowest BCUT2D eigenvalue weighted by atomic mass is 10.1. The summed E-state index contributed by atoms with van der Waals surface area (Å²) in [6.07, 6.45) is 2.38. The predicted molar refractivity (Wildman–Crippen MR) is 105 cm³/mol. The maximum atomic E-state index is 12.5. The lowest BCUT2D eigenvalue weighted by Gasteiger charge is -2.13.